The number of hydrogen-bond donors (Lipinski definition) is 2. The molecule has 3 N–H and O–H groups in total. The molecule has 4 heteroatoms. The summed E-state index contributed by atoms with van der Waals surface area (Å²) in [6, 6.07) is 8.01. The standard InChI is InChI=1S/C16H27N3O/c1-6-13(11-18-15(17)19-16(3,4)5)20-14-10-8-7-9-12(14)2/h7-10,13H,6,11H2,1-5H3,(H3,17,18,19). The summed E-state index contributed by atoms with van der Waals surface area (Å²) in [5.74, 6) is 1.38. The maximum atomic E-state index is 5.98. The van der Waals surface area contributed by atoms with Crippen LogP contribution in [0.4, 0.5) is 0 Å². The van der Waals surface area contributed by atoms with Crippen molar-refractivity contribution in [2.24, 2.45) is 10.7 Å². The Morgan fingerprint density at radius 2 is 2.00 bits per heavy atom. The van der Waals surface area contributed by atoms with E-state index in [1.165, 1.54) is 0 Å². The van der Waals surface area contributed by atoms with E-state index in [0.717, 1.165) is 17.7 Å². The highest BCUT2D eigenvalue weighted by atomic mass is 16.5. The Morgan fingerprint density at radius 3 is 2.55 bits per heavy atom. The number of aliphatic imine (C=N–C) groups is 1. The predicted octanol–water partition coefficient (Wildman–Crippen LogP) is 2.86. The summed E-state index contributed by atoms with van der Waals surface area (Å²) in [7, 11) is 0. The molecule has 0 saturated carbocycles. The van der Waals surface area contributed by atoms with Gasteiger partial charge in [0.15, 0.2) is 5.96 Å². The highest BCUT2D eigenvalue weighted by Crippen LogP contribution is 2.18. The van der Waals surface area contributed by atoms with Crippen molar-refractivity contribution < 1.29 is 4.74 Å². The first-order chi connectivity index (χ1) is 9.31. The smallest absolute Gasteiger partial charge is 0.189 e. The molecule has 0 saturated heterocycles. The van der Waals surface area contributed by atoms with E-state index in [-0.39, 0.29) is 11.6 Å². The fourth-order valence-electron chi connectivity index (χ4n) is 1.74. The Hall–Kier alpha value is -1.71. The van der Waals surface area contributed by atoms with E-state index < -0.39 is 0 Å². The lowest BCUT2D eigenvalue weighted by atomic mass is 10.1. The van der Waals surface area contributed by atoms with Crippen LogP contribution in [0.15, 0.2) is 29.3 Å². The number of rotatable bonds is 5. The summed E-state index contributed by atoms with van der Waals surface area (Å²) in [5.41, 5.74) is 6.93. The number of guanidine groups is 1. The molecule has 4 nitrogen and oxygen atoms in total. The van der Waals surface area contributed by atoms with Crippen molar-refractivity contribution in [3.63, 3.8) is 0 Å². The molecule has 1 rings (SSSR count). The van der Waals surface area contributed by atoms with Crippen molar-refractivity contribution in [3.05, 3.63) is 29.8 Å². The van der Waals surface area contributed by atoms with E-state index in [9.17, 15) is 0 Å². The third kappa shape index (κ3) is 5.95. The van der Waals surface area contributed by atoms with Gasteiger partial charge in [0.05, 0.1) is 6.54 Å². The first-order valence-corrected chi connectivity index (χ1v) is 7.12. The first kappa shape index (κ1) is 16.3. The summed E-state index contributed by atoms with van der Waals surface area (Å²) in [5, 5.41) is 3.15. The van der Waals surface area contributed by atoms with E-state index in [1.807, 2.05) is 31.2 Å². The molecule has 0 radical (unpaired) electrons. The molecular formula is C16H27N3O. The largest absolute Gasteiger partial charge is 0.488 e. The highest BCUT2D eigenvalue weighted by molar-refractivity contribution is 5.78. The second kappa shape index (κ2) is 7.17. The van der Waals surface area contributed by atoms with Crippen LogP contribution >= 0.6 is 0 Å². The van der Waals surface area contributed by atoms with Gasteiger partial charge in [-0.25, -0.2) is 4.99 Å². The minimum atomic E-state index is -0.0772. The number of aryl methyl sites for hydroxylation is 1. The molecule has 0 aliphatic carbocycles. The zero-order valence-corrected chi connectivity index (χ0v) is 13.2. The van der Waals surface area contributed by atoms with Crippen molar-refractivity contribution in [2.45, 2.75) is 52.7 Å². The molecule has 0 amide bonds. The average molecular weight is 277 g/mol. The first-order valence-electron chi connectivity index (χ1n) is 7.12. The van der Waals surface area contributed by atoms with Gasteiger partial charge in [-0.15, -0.1) is 0 Å². The maximum Gasteiger partial charge on any atom is 0.189 e. The van der Waals surface area contributed by atoms with Crippen molar-refractivity contribution in [2.75, 3.05) is 6.54 Å². The Labute approximate surface area is 122 Å². The molecular weight excluding hydrogens is 250 g/mol. The van der Waals surface area contributed by atoms with Gasteiger partial charge in [0.1, 0.15) is 11.9 Å². The number of para-hydroxylation sites is 1. The molecule has 112 valence electrons. The lowest BCUT2D eigenvalue weighted by Gasteiger charge is -2.22. The van der Waals surface area contributed by atoms with E-state index in [4.69, 9.17) is 10.5 Å². The van der Waals surface area contributed by atoms with Gasteiger partial charge in [-0.05, 0) is 45.7 Å². The van der Waals surface area contributed by atoms with Crippen LogP contribution in [0, 0.1) is 6.92 Å². The molecule has 1 atom stereocenters. The molecule has 1 aromatic carbocycles. The van der Waals surface area contributed by atoms with Crippen molar-refractivity contribution in [3.8, 4) is 5.75 Å². The molecule has 0 bridgehead atoms. The molecule has 0 aromatic heterocycles. The average Bonchev–Trinajstić information content (AvgIpc) is 2.34. The van der Waals surface area contributed by atoms with Gasteiger partial charge >= 0.3 is 0 Å². The predicted molar refractivity (Wildman–Crippen MR) is 85.3 cm³/mol. The van der Waals surface area contributed by atoms with E-state index in [0.29, 0.717) is 12.5 Å². The van der Waals surface area contributed by atoms with Gasteiger partial charge in [-0.2, -0.15) is 0 Å². The highest BCUT2D eigenvalue weighted by Gasteiger charge is 2.12. The Bertz CT molecular complexity index is 449. The Morgan fingerprint density at radius 1 is 1.35 bits per heavy atom. The fourth-order valence-corrected chi connectivity index (χ4v) is 1.74. The lowest BCUT2D eigenvalue weighted by molar-refractivity contribution is 0.204. The van der Waals surface area contributed by atoms with Crippen LogP contribution in [0.5, 0.6) is 5.75 Å². The van der Waals surface area contributed by atoms with E-state index >= 15 is 0 Å². The van der Waals surface area contributed by atoms with Gasteiger partial charge in [0.25, 0.3) is 0 Å². The summed E-state index contributed by atoms with van der Waals surface area (Å²) in [6.45, 7) is 10.8. The number of nitrogens with one attached hydrogen (secondary N) is 1. The third-order valence-electron chi connectivity index (χ3n) is 2.81. The van der Waals surface area contributed by atoms with Crippen molar-refractivity contribution in [1.82, 2.24) is 5.32 Å². The monoisotopic (exact) mass is 277 g/mol. The summed E-state index contributed by atoms with van der Waals surface area (Å²) in [6.07, 6.45) is 0.928. The van der Waals surface area contributed by atoms with Gasteiger partial charge in [-0.3, -0.25) is 0 Å². The zero-order valence-electron chi connectivity index (χ0n) is 13.2. The number of benzene rings is 1. The molecule has 20 heavy (non-hydrogen) atoms. The number of nitrogens with two attached hydrogens (primary N) is 1. The van der Waals surface area contributed by atoms with Crippen molar-refractivity contribution in [1.29, 1.82) is 0 Å². The lowest BCUT2D eigenvalue weighted by Crippen LogP contribution is -2.45. The number of hydrogen-bond acceptors (Lipinski definition) is 2. The van der Waals surface area contributed by atoms with Crippen LogP contribution < -0.4 is 15.8 Å². The van der Waals surface area contributed by atoms with E-state index in [1.54, 1.807) is 0 Å². The zero-order chi connectivity index (χ0) is 15.2. The molecule has 1 unspecified atom stereocenters. The molecule has 0 heterocycles. The van der Waals surface area contributed by atoms with Gasteiger partial charge in [0, 0.05) is 5.54 Å². The van der Waals surface area contributed by atoms with Gasteiger partial charge < -0.3 is 15.8 Å². The van der Waals surface area contributed by atoms with Crippen LogP contribution in [0.1, 0.15) is 39.7 Å². The number of ether oxygens (including phenoxy) is 1. The van der Waals surface area contributed by atoms with Crippen LogP contribution in [0.2, 0.25) is 0 Å². The second-order valence-electron chi connectivity index (χ2n) is 6.01. The van der Waals surface area contributed by atoms with Crippen LogP contribution in [0.25, 0.3) is 0 Å². The fraction of sp³-hybridized carbons (Fsp3) is 0.562. The van der Waals surface area contributed by atoms with Crippen LogP contribution in [0.3, 0.4) is 0 Å². The number of nitrogens with zero attached hydrogens (tertiary/aromatic N) is 1. The van der Waals surface area contributed by atoms with Crippen LogP contribution in [-0.4, -0.2) is 24.1 Å². The normalized spacial score (nSPS) is 13.9. The Balaban J connectivity index is 2.60. The minimum absolute atomic E-state index is 0.0384. The minimum Gasteiger partial charge on any atom is -0.488 e. The molecule has 0 aliphatic heterocycles. The van der Waals surface area contributed by atoms with Crippen LogP contribution in [-0.2, 0) is 0 Å². The molecule has 0 fully saturated rings. The summed E-state index contributed by atoms with van der Waals surface area (Å²) in [4.78, 5) is 4.36. The molecule has 1 aromatic rings. The molecule has 0 spiro atoms. The van der Waals surface area contributed by atoms with Gasteiger partial charge in [0.2, 0.25) is 0 Å². The molecule has 0 aliphatic rings. The Kier molecular flexibility index (Phi) is 5.86. The third-order valence-corrected chi connectivity index (χ3v) is 2.81. The topological polar surface area (TPSA) is 59.6 Å². The summed E-state index contributed by atoms with van der Waals surface area (Å²) >= 11 is 0. The second-order valence-corrected chi connectivity index (χ2v) is 6.01. The maximum absolute atomic E-state index is 5.98. The van der Waals surface area contributed by atoms with Gasteiger partial charge in [-0.1, -0.05) is 25.1 Å². The summed E-state index contributed by atoms with van der Waals surface area (Å²) < 4.78 is 5.98. The van der Waals surface area contributed by atoms with E-state index in [2.05, 4.69) is 38.0 Å². The SMILES string of the molecule is CCC(CN=C(N)NC(C)(C)C)Oc1ccccc1C. The van der Waals surface area contributed by atoms with Crippen molar-refractivity contribution >= 4 is 5.96 Å². The quantitative estimate of drug-likeness (QED) is 0.642.